The van der Waals surface area contributed by atoms with E-state index in [0.29, 0.717) is 30.9 Å². The van der Waals surface area contributed by atoms with E-state index in [2.05, 4.69) is 15.2 Å². The summed E-state index contributed by atoms with van der Waals surface area (Å²) < 4.78 is 5.83. The predicted octanol–water partition coefficient (Wildman–Crippen LogP) is 1.39. The molecule has 4 bridgehead atoms. The smallest absolute Gasteiger partial charge is 0.250 e. The molecule has 162 valence electrons. The SMILES string of the molecule is Cc1cccc(CN2CCOC(C(=O)NC3C4CC5CC3CC(C(N)=O)(C5)C4)C2)n1. The molecule has 7 nitrogen and oxygen atoms in total. The van der Waals surface area contributed by atoms with Crippen LogP contribution < -0.4 is 11.1 Å². The van der Waals surface area contributed by atoms with Crippen LogP contribution in [0, 0.1) is 30.1 Å². The summed E-state index contributed by atoms with van der Waals surface area (Å²) in [7, 11) is 0. The van der Waals surface area contributed by atoms with E-state index in [1.54, 1.807) is 0 Å². The average molecular weight is 413 g/mol. The highest BCUT2D eigenvalue weighted by Gasteiger charge is 2.58. The van der Waals surface area contributed by atoms with Crippen LogP contribution in [0.25, 0.3) is 0 Å². The minimum atomic E-state index is -0.453. The van der Waals surface area contributed by atoms with Gasteiger partial charge in [-0.15, -0.1) is 0 Å². The van der Waals surface area contributed by atoms with Crippen LogP contribution in [0.3, 0.4) is 0 Å². The number of nitrogens with two attached hydrogens (primary N) is 1. The number of aryl methyl sites for hydroxylation is 1. The number of carbonyl (C=O) groups is 2. The third-order valence-corrected chi connectivity index (χ3v) is 7.88. The standard InChI is InChI=1S/C23H32N4O3/c1-14-3-2-4-18(25-14)12-27-5-6-30-19(13-27)21(28)26-20-16-7-15-8-17(20)11-23(9-15,10-16)22(24)29/h2-4,15-17,19-20H,5-13H2,1H3,(H2,24,29)(H,26,28). The van der Waals surface area contributed by atoms with Crippen molar-refractivity contribution in [2.24, 2.45) is 28.9 Å². The maximum atomic E-state index is 13.1. The maximum Gasteiger partial charge on any atom is 0.250 e. The molecule has 4 saturated carbocycles. The van der Waals surface area contributed by atoms with Gasteiger partial charge in [-0.2, -0.15) is 0 Å². The Morgan fingerprint density at radius 1 is 1.27 bits per heavy atom. The van der Waals surface area contributed by atoms with Gasteiger partial charge < -0.3 is 15.8 Å². The zero-order valence-electron chi connectivity index (χ0n) is 17.7. The Labute approximate surface area is 177 Å². The lowest BCUT2D eigenvalue weighted by atomic mass is 9.47. The van der Waals surface area contributed by atoms with Gasteiger partial charge in [0.05, 0.1) is 12.3 Å². The van der Waals surface area contributed by atoms with Crippen molar-refractivity contribution in [1.82, 2.24) is 15.2 Å². The molecule has 0 spiro atoms. The minimum absolute atomic E-state index is 0.0116. The first-order valence-electron chi connectivity index (χ1n) is 11.3. The fraction of sp³-hybridized carbons (Fsp3) is 0.696. The molecule has 7 heteroatoms. The third-order valence-electron chi connectivity index (χ3n) is 7.88. The first-order chi connectivity index (χ1) is 14.4. The molecule has 3 N–H and O–H groups in total. The molecule has 5 fully saturated rings. The Morgan fingerprint density at radius 3 is 2.73 bits per heavy atom. The zero-order valence-corrected chi connectivity index (χ0v) is 17.7. The van der Waals surface area contributed by atoms with Gasteiger partial charge >= 0.3 is 0 Å². The van der Waals surface area contributed by atoms with Crippen molar-refractivity contribution in [3.05, 3.63) is 29.6 Å². The summed E-state index contributed by atoms with van der Waals surface area (Å²) in [6, 6.07) is 6.19. The summed E-state index contributed by atoms with van der Waals surface area (Å²) in [5, 5.41) is 3.32. The van der Waals surface area contributed by atoms with Gasteiger partial charge in [-0.05, 0) is 68.9 Å². The molecule has 6 rings (SSSR count). The van der Waals surface area contributed by atoms with Gasteiger partial charge in [-0.3, -0.25) is 19.5 Å². The number of pyridine rings is 1. The second-order valence-corrected chi connectivity index (χ2v) is 10.0. The average Bonchev–Trinajstić information content (AvgIpc) is 2.70. The molecule has 4 aliphatic carbocycles. The molecule has 0 radical (unpaired) electrons. The lowest BCUT2D eigenvalue weighted by Gasteiger charge is -2.59. The number of rotatable bonds is 5. The second-order valence-electron chi connectivity index (χ2n) is 10.0. The lowest BCUT2D eigenvalue weighted by molar-refractivity contribution is -0.151. The number of primary amides is 1. The Bertz CT molecular complexity index is 827. The molecule has 1 aromatic heterocycles. The first kappa shape index (κ1) is 19.9. The van der Waals surface area contributed by atoms with Crippen molar-refractivity contribution in [2.75, 3.05) is 19.7 Å². The highest BCUT2D eigenvalue weighted by molar-refractivity contribution is 5.83. The summed E-state index contributed by atoms with van der Waals surface area (Å²) in [6.07, 6.45) is 4.36. The molecule has 30 heavy (non-hydrogen) atoms. The molecule has 3 unspecified atom stereocenters. The second kappa shape index (κ2) is 7.61. The number of hydrogen-bond donors (Lipinski definition) is 2. The van der Waals surface area contributed by atoms with Crippen molar-refractivity contribution in [2.45, 2.75) is 57.7 Å². The maximum absolute atomic E-state index is 13.1. The summed E-state index contributed by atoms with van der Waals surface area (Å²) in [5.41, 5.74) is 7.49. The first-order valence-corrected chi connectivity index (χ1v) is 11.3. The van der Waals surface area contributed by atoms with Gasteiger partial charge in [0, 0.05) is 36.8 Å². The van der Waals surface area contributed by atoms with Crippen LogP contribution in [0.15, 0.2) is 18.2 Å². The summed E-state index contributed by atoms with van der Waals surface area (Å²) in [4.78, 5) is 32.1. The number of ether oxygens (including phenoxy) is 1. The van der Waals surface area contributed by atoms with Crippen molar-refractivity contribution >= 4 is 11.8 Å². The topological polar surface area (TPSA) is 97.5 Å². The Kier molecular flexibility index (Phi) is 5.06. The van der Waals surface area contributed by atoms with Crippen LogP contribution in [-0.4, -0.2) is 53.5 Å². The number of nitrogens with one attached hydrogen (secondary N) is 1. The molecule has 1 saturated heterocycles. The van der Waals surface area contributed by atoms with E-state index >= 15 is 0 Å². The monoisotopic (exact) mass is 412 g/mol. The van der Waals surface area contributed by atoms with Gasteiger partial charge in [0.1, 0.15) is 6.10 Å². The number of amides is 2. The molecular weight excluding hydrogens is 380 g/mol. The van der Waals surface area contributed by atoms with E-state index in [-0.39, 0.29) is 23.3 Å². The summed E-state index contributed by atoms with van der Waals surface area (Å²) >= 11 is 0. The van der Waals surface area contributed by atoms with Crippen LogP contribution in [-0.2, 0) is 20.9 Å². The molecule has 2 amide bonds. The predicted molar refractivity (Wildman–Crippen MR) is 111 cm³/mol. The van der Waals surface area contributed by atoms with Gasteiger partial charge in [-0.1, -0.05) is 6.07 Å². The largest absolute Gasteiger partial charge is 0.369 e. The molecule has 1 aliphatic heterocycles. The van der Waals surface area contributed by atoms with Crippen molar-refractivity contribution < 1.29 is 14.3 Å². The van der Waals surface area contributed by atoms with Crippen LogP contribution in [0.4, 0.5) is 0 Å². The Balaban J connectivity index is 1.21. The number of aromatic nitrogens is 1. The van der Waals surface area contributed by atoms with E-state index in [0.717, 1.165) is 56.6 Å². The van der Waals surface area contributed by atoms with Gasteiger partial charge in [0.2, 0.25) is 5.91 Å². The van der Waals surface area contributed by atoms with Gasteiger partial charge in [0.25, 0.3) is 5.91 Å². The van der Waals surface area contributed by atoms with Crippen LogP contribution >= 0.6 is 0 Å². The quantitative estimate of drug-likeness (QED) is 0.762. The van der Waals surface area contributed by atoms with E-state index in [4.69, 9.17) is 10.5 Å². The van der Waals surface area contributed by atoms with E-state index in [9.17, 15) is 9.59 Å². The van der Waals surface area contributed by atoms with Crippen molar-refractivity contribution in [1.29, 1.82) is 0 Å². The fourth-order valence-corrected chi connectivity index (χ4v) is 6.74. The van der Waals surface area contributed by atoms with E-state index in [1.807, 2.05) is 25.1 Å². The van der Waals surface area contributed by atoms with Gasteiger partial charge in [0.15, 0.2) is 0 Å². The number of morpholine rings is 1. The molecule has 3 atom stereocenters. The molecule has 0 aromatic carbocycles. The molecule has 1 aromatic rings. The van der Waals surface area contributed by atoms with Crippen LogP contribution in [0.1, 0.15) is 43.5 Å². The van der Waals surface area contributed by atoms with Gasteiger partial charge in [-0.25, -0.2) is 0 Å². The number of carbonyl (C=O) groups excluding carboxylic acids is 2. The van der Waals surface area contributed by atoms with Crippen LogP contribution in [0.5, 0.6) is 0 Å². The Morgan fingerprint density at radius 2 is 2.03 bits per heavy atom. The third kappa shape index (κ3) is 3.62. The van der Waals surface area contributed by atoms with Crippen LogP contribution in [0.2, 0.25) is 0 Å². The highest BCUT2D eigenvalue weighted by Crippen LogP contribution is 2.59. The number of nitrogens with zero attached hydrogens (tertiary/aromatic N) is 2. The molecule has 5 aliphatic rings. The fourth-order valence-electron chi connectivity index (χ4n) is 6.74. The minimum Gasteiger partial charge on any atom is -0.369 e. The highest BCUT2D eigenvalue weighted by atomic mass is 16.5. The molecule has 2 heterocycles. The van der Waals surface area contributed by atoms with Crippen molar-refractivity contribution in [3.8, 4) is 0 Å². The van der Waals surface area contributed by atoms with E-state index in [1.165, 1.54) is 0 Å². The lowest BCUT2D eigenvalue weighted by Crippen LogP contribution is -2.63. The van der Waals surface area contributed by atoms with E-state index < -0.39 is 6.10 Å². The van der Waals surface area contributed by atoms with Crippen molar-refractivity contribution in [3.63, 3.8) is 0 Å². The Hall–Kier alpha value is -1.99. The zero-order chi connectivity index (χ0) is 20.9. The summed E-state index contributed by atoms with van der Waals surface area (Å²) in [6.45, 7) is 4.65. The normalized spacial score (nSPS) is 37.8. The number of hydrogen-bond acceptors (Lipinski definition) is 5. The summed E-state index contributed by atoms with van der Waals surface area (Å²) in [5.74, 6) is 1.17. The molecular formula is C23H32N4O3.